The summed E-state index contributed by atoms with van der Waals surface area (Å²) in [5.74, 6) is -0.0697. The molecule has 1 fully saturated rings. The second-order valence-corrected chi connectivity index (χ2v) is 7.95. The molecule has 2 aromatic carbocycles. The van der Waals surface area contributed by atoms with Crippen molar-refractivity contribution in [3.63, 3.8) is 0 Å². The number of ketones is 1. The number of amides is 1. The lowest BCUT2D eigenvalue weighted by molar-refractivity contribution is -0.132. The van der Waals surface area contributed by atoms with E-state index in [0.29, 0.717) is 28.7 Å². The Morgan fingerprint density at radius 2 is 1.70 bits per heavy atom. The van der Waals surface area contributed by atoms with Gasteiger partial charge in [0.25, 0.3) is 11.7 Å². The first-order valence-electron chi connectivity index (χ1n) is 10.4. The van der Waals surface area contributed by atoms with E-state index in [4.69, 9.17) is 13.9 Å². The van der Waals surface area contributed by atoms with Crippen molar-refractivity contribution in [3.8, 4) is 11.5 Å². The number of aliphatic hydroxyl groups excluding tert-OH is 1. The van der Waals surface area contributed by atoms with Crippen molar-refractivity contribution in [3.05, 3.63) is 82.3 Å². The van der Waals surface area contributed by atoms with Gasteiger partial charge in [-0.1, -0.05) is 6.07 Å². The predicted octanol–water partition coefficient (Wildman–Crippen LogP) is 4.85. The number of nitrogens with zero attached hydrogens (tertiary/aromatic N) is 1. The van der Waals surface area contributed by atoms with Crippen LogP contribution in [0.1, 0.15) is 34.3 Å². The zero-order valence-corrected chi connectivity index (χ0v) is 19.1. The van der Waals surface area contributed by atoms with E-state index in [1.807, 2.05) is 26.0 Å². The number of Topliss-reactive ketones (excluding diaryl/α,β-unsaturated/α-hetero) is 1. The summed E-state index contributed by atoms with van der Waals surface area (Å²) in [6.45, 7) is 5.68. The van der Waals surface area contributed by atoms with E-state index >= 15 is 0 Å². The van der Waals surface area contributed by atoms with Gasteiger partial charge in [-0.05, 0) is 68.3 Å². The van der Waals surface area contributed by atoms with Gasteiger partial charge in [-0.3, -0.25) is 14.5 Å². The fraction of sp³-hybridized carbons (Fsp3) is 0.231. The zero-order chi connectivity index (χ0) is 23.9. The molecule has 1 atom stereocenters. The Morgan fingerprint density at radius 3 is 2.30 bits per heavy atom. The number of carbonyl (C=O) groups is 2. The third kappa shape index (κ3) is 3.75. The van der Waals surface area contributed by atoms with Crippen molar-refractivity contribution in [1.29, 1.82) is 0 Å². The van der Waals surface area contributed by atoms with Crippen molar-refractivity contribution >= 4 is 23.1 Å². The molecule has 7 heteroatoms. The first kappa shape index (κ1) is 22.2. The molecule has 1 amide bonds. The van der Waals surface area contributed by atoms with Crippen LogP contribution in [0, 0.1) is 20.8 Å². The van der Waals surface area contributed by atoms with E-state index in [1.165, 1.54) is 19.1 Å². The highest BCUT2D eigenvalue weighted by molar-refractivity contribution is 6.51. The van der Waals surface area contributed by atoms with Crippen LogP contribution in [0.4, 0.5) is 5.69 Å². The number of carbonyl (C=O) groups excluding carboxylic acids is 2. The lowest BCUT2D eigenvalue weighted by Crippen LogP contribution is -2.29. The second kappa shape index (κ2) is 8.50. The second-order valence-electron chi connectivity index (χ2n) is 7.95. The Morgan fingerprint density at radius 1 is 0.939 bits per heavy atom. The van der Waals surface area contributed by atoms with E-state index in [0.717, 1.165) is 11.1 Å². The zero-order valence-electron chi connectivity index (χ0n) is 19.1. The normalized spacial score (nSPS) is 17.5. The summed E-state index contributed by atoms with van der Waals surface area (Å²) in [4.78, 5) is 27.9. The molecule has 0 saturated carbocycles. The van der Waals surface area contributed by atoms with Crippen LogP contribution in [0.15, 0.2) is 58.5 Å². The fourth-order valence-electron chi connectivity index (χ4n) is 3.98. The molecule has 0 aliphatic carbocycles. The van der Waals surface area contributed by atoms with Gasteiger partial charge in [0.2, 0.25) is 0 Å². The number of hydrogen-bond acceptors (Lipinski definition) is 6. The molecular formula is C26H25NO6. The van der Waals surface area contributed by atoms with Gasteiger partial charge in [0.15, 0.2) is 0 Å². The summed E-state index contributed by atoms with van der Waals surface area (Å²) < 4.78 is 16.5. The molecule has 1 aromatic heterocycles. The van der Waals surface area contributed by atoms with Gasteiger partial charge in [-0.25, -0.2) is 0 Å². The Hall–Kier alpha value is -4.00. The highest BCUT2D eigenvalue weighted by Crippen LogP contribution is 2.44. The Bertz CT molecular complexity index is 1290. The van der Waals surface area contributed by atoms with Crippen LogP contribution >= 0.6 is 0 Å². The summed E-state index contributed by atoms with van der Waals surface area (Å²) in [6, 6.07) is 12.9. The van der Waals surface area contributed by atoms with Crippen LogP contribution < -0.4 is 14.4 Å². The SMILES string of the molecule is COc1ccc(/C(O)=C2/C(=O)C(=O)N(c3ccc(C)c(C)c3)C2c2ccc(C)o2)c(OC)c1. The molecule has 170 valence electrons. The van der Waals surface area contributed by atoms with Crippen LogP contribution in [0.5, 0.6) is 11.5 Å². The summed E-state index contributed by atoms with van der Waals surface area (Å²) in [7, 11) is 2.97. The minimum atomic E-state index is -0.937. The molecule has 2 heterocycles. The summed E-state index contributed by atoms with van der Waals surface area (Å²) in [5, 5.41) is 11.3. The first-order chi connectivity index (χ1) is 15.8. The smallest absolute Gasteiger partial charge is 0.300 e. The van der Waals surface area contributed by atoms with Crippen LogP contribution in [-0.4, -0.2) is 31.0 Å². The average Bonchev–Trinajstić information content (AvgIpc) is 3.35. The fourth-order valence-corrected chi connectivity index (χ4v) is 3.98. The summed E-state index contributed by atoms with van der Waals surface area (Å²) >= 11 is 0. The molecule has 7 nitrogen and oxygen atoms in total. The van der Waals surface area contributed by atoms with E-state index in [9.17, 15) is 14.7 Å². The molecule has 1 aliphatic rings. The quantitative estimate of drug-likeness (QED) is 0.342. The molecule has 1 aliphatic heterocycles. The van der Waals surface area contributed by atoms with Gasteiger partial charge in [0.05, 0.1) is 25.4 Å². The maximum absolute atomic E-state index is 13.3. The maximum Gasteiger partial charge on any atom is 0.300 e. The number of furan rings is 1. The number of rotatable bonds is 5. The molecule has 33 heavy (non-hydrogen) atoms. The Balaban J connectivity index is 1.96. The third-order valence-electron chi connectivity index (χ3n) is 5.91. The van der Waals surface area contributed by atoms with E-state index in [1.54, 1.807) is 43.3 Å². The lowest BCUT2D eigenvalue weighted by Gasteiger charge is -2.24. The number of ether oxygens (including phenoxy) is 2. The highest BCUT2D eigenvalue weighted by Gasteiger charge is 2.48. The average molecular weight is 447 g/mol. The minimum absolute atomic E-state index is 0.0731. The van der Waals surface area contributed by atoms with Gasteiger partial charge < -0.3 is 19.0 Å². The van der Waals surface area contributed by atoms with E-state index in [2.05, 4.69) is 0 Å². The van der Waals surface area contributed by atoms with Crippen molar-refractivity contribution in [2.75, 3.05) is 19.1 Å². The molecule has 0 radical (unpaired) electrons. The van der Waals surface area contributed by atoms with Crippen molar-refractivity contribution in [1.82, 2.24) is 0 Å². The number of anilines is 1. The number of methoxy groups -OCH3 is 2. The van der Waals surface area contributed by atoms with Crippen molar-refractivity contribution in [2.45, 2.75) is 26.8 Å². The monoisotopic (exact) mass is 447 g/mol. The molecule has 4 rings (SSSR count). The molecule has 0 spiro atoms. The van der Waals surface area contributed by atoms with Crippen LogP contribution in [0.3, 0.4) is 0 Å². The van der Waals surface area contributed by atoms with Crippen molar-refractivity contribution in [2.24, 2.45) is 0 Å². The molecule has 1 N–H and O–H groups in total. The van der Waals surface area contributed by atoms with Crippen molar-refractivity contribution < 1.29 is 28.6 Å². The van der Waals surface area contributed by atoms with E-state index in [-0.39, 0.29) is 16.9 Å². The lowest BCUT2D eigenvalue weighted by atomic mass is 9.98. The number of aryl methyl sites for hydroxylation is 3. The number of aliphatic hydroxyl groups is 1. The molecule has 1 saturated heterocycles. The number of hydrogen-bond donors (Lipinski definition) is 1. The van der Waals surface area contributed by atoms with Gasteiger partial charge in [0.1, 0.15) is 34.8 Å². The van der Waals surface area contributed by atoms with Gasteiger partial charge in [0, 0.05) is 11.8 Å². The van der Waals surface area contributed by atoms with Gasteiger partial charge >= 0.3 is 0 Å². The van der Waals surface area contributed by atoms with Crippen LogP contribution in [-0.2, 0) is 9.59 Å². The predicted molar refractivity (Wildman–Crippen MR) is 124 cm³/mol. The van der Waals surface area contributed by atoms with E-state index < -0.39 is 17.7 Å². The number of benzene rings is 2. The van der Waals surface area contributed by atoms with Crippen LogP contribution in [0.25, 0.3) is 5.76 Å². The molecule has 3 aromatic rings. The minimum Gasteiger partial charge on any atom is -0.507 e. The molecule has 1 unspecified atom stereocenters. The topological polar surface area (TPSA) is 89.2 Å². The maximum atomic E-state index is 13.3. The van der Waals surface area contributed by atoms with Crippen LogP contribution in [0.2, 0.25) is 0 Å². The Kier molecular flexibility index (Phi) is 5.72. The summed E-state index contributed by atoms with van der Waals surface area (Å²) in [5.41, 5.74) is 2.77. The largest absolute Gasteiger partial charge is 0.507 e. The van der Waals surface area contributed by atoms with Gasteiger partial charge in [-0.15, -0.1) is 0 Å². The molecule has 0 bridgehead atoms. The highest BCUT2D eigenvalue weighted by atomic mass is 16.5. The summed E-state index contributed by atoms with van der Waals surface area (Å²) in [6.07, 6.45) is 0. The Labute approximate surface area is 191 Å². The first-order valence-corrected chi connectivity index (χ1v) is 10.4. The van der Waals surface area contributed by atoms with Gasteiger partial charge in [-0.2, -0.15) is 0 Å². The molecular weight excluding hydrogens is 422 g/mol. The standard InChI is InChI=1S/C26H25NO6/c1-14-6-8-17(12-15(14)2)27-23(20-11-7-16(3)33-20)22(25(29)26(27)30)24(28)19-10-9-18(31-4)13-21(19)32-5/h6-13,23,28H,1-5H3/b24-22-. The third-order valence-corrected chi connectivity index (χ3v) is 5.91.